The van der Waals surface area contributed by atoms with Crippen molar-refractivity contribution in [3.05, 3.63) is 53.6 Å². The highest BCUT2D eigenvalue weighted by atomic mass is 19.3. The van der Waals surface area contributed by atoms with Gasteiger partial charge in [0, 0.05) is 17.3 Å². The van der Waals surface area contributed by atoms with E-state index in [0.29, 0.717) is 5.56 Å². The number of hydrogen-bond acceptors (Lipinski definition) is 4. The van der Waals surface area contributed by atoms with Crippen molar-refractivity contribution in [2.75, 3.05) is 12.4 Å². The minimum Gasteiger partial charge on any atom is -0.493 e. The van der Waals surface area contributed by atoms with Crippen LogP contribution in [0.5, 0.6) is 11.5 Å². The molecule has 2 aromatic carbocycles. The Balaban J connectivity index is 2.15. The van der Waals surface area contributed by atoms with Gasteiger partial charge in [-0.05, 0) is 37.1 Å². The first-order valence-electron chi connectivity index (χ1n) is 9.02. The van der Waals surface area contributed by atoms with Crippen molar-refractivity contribution in [2.24, 2.45) is 5.92 Å². The molecule has 2 N–H and O–H groups in total. The predicted octanol–water partition coefficient (Wildman–Crippen LogP) is 4.00. The molecule has 1 atom stereocenters. The fraction of sp³-hybridized carbons (Fsp3) is 0.333. The predicted molar refractivity (Wildman–Crippen MR) is 106 cm³/mol. The van der Waals surface area contributed by atoms with Crippen molar-refractivity contribution >= 4 is 17.5 Å². The zero-order valence-electron chi connectivity index (χ0n) is 16.7. The number of carbonyl (C=O) groups excluding carboxylic acids is 2. The molecule has 0 aliphatic heterocycles. The van der Waals surface area contributed by atoms with E-state index in [-0.39, 0.29) is 29.0 Å². The van der Waals surface area contributed by atoms with Crippen LogP contribution >= 0.6 is 0 Å². The monoisotopic (exact) mass is 406 g/mol. The van der Waals surface area contributed by atoms with Gasteiger partial charge in [-0.3, -0.25) is 9.59 Å². The third kappa shape index (κ3) is 6.17. The van der Waals surface area contributed by atoms with Crippen LogP contribution in [0.15, 0.2) is 42.5 Å². The summed E-state index contributed by atoms with van der Waals surface area (Å²) in [4.78, 5) is 25.2. The van der Waals surface area contributed by atoms with Gasteiger partial charge in [-0.25, -0.2) is 0 Å². The van der Waals surface area contributed by atoms with Crippen LogP contribution in [0.3, 0.4) is 0 Å². The molecule has 6 nitrogen and oxygen atoms in total. The summed E-state index contributed by atoms with van der Waals surface area (Å²) in [6.45, 7) is 2.46. The number of carbonyl (C=O) groups is 2. The normalized spacial score (nSPS) is 11.9. The highest BCUT2D eigenvalue weighted by Gasteiger charge is 2.25. The molecule has 1 unspecified atom stereocenters. The summed E-state index contributed by atoms with van der Waals surface area (Å²) in [5.74, 6) is -1.16. The van der Waals surface area contributed by atoms with Crippen molar-refractivity contribution < 1.29 is 27.8 Å². The van der Waals surface area contributed by atoms with Crippen LogP contribution in [-0.2, 0) is 4.79 Å². The molecule has 0 fully saturated rings. The van der Waals surface area contributed by atoms with Gasteiger partial charge in [0.1, 0.15) is 6.04 Å². The molecule has 0 aliphatic carbocycles. The molecule has 0 aliphatic rings. The summed E-state index contributed by atoms with van der Waals surface area (Å²) >= 11 is 0. The smallest absolute Gasteiger partial charge is 0.387 e. The maximum absolute atomic E-state index is 12.7. The zero-order valence-corrected chi connectivity index (χ0v) is 16.7. The Bertz CT molecular complexity index is 854. The lowest BCUT2D eigenvalue weighted by Crippen LogP contribution is -2.47. The van der Waals surface area contributed by atoms with Crippen LogP contribution < -0.4 is 20.1 Å². The summed E-state index contributed by atoms with van der Waals surface area (Å²) < 4.78 is 34.6. The third-order valence-electron chi connectivity index (χ3n) is 4.20. The topological polar surface area (TPSA) is 76.7 Å². The van der Waals surface area contributed by atoms with E-state index in [0.717, 1.165) is 5.56 Å². The number of aryl methyl sites for hydroxylation is 1. The molecule has 2 rings (SSSR count). The zero-order chi connectivity index (χ0) is 21.6. The molecular formula is C21H24F2N2O4. The molecule has 8 heteroatoms. The van der Waals surface area contributed by atoms with Crippen molar-refractivity contribution in [1.29, 1.82) is 0 Å². The number of nitrogens with one attached hydrogen (secondary N) is 2. The number of methoxy groups -OCH3 is 1. The number of ether oxygens (including phenoxy) is 2. The Kier molecular flexibility index (Phi) is 7.52. The number of halogens is 2. The van der Waals surface area contributed by atoms with Crippen molar-refractivity contribution in [1.82, 2.24) is 5.32 Å². The highest BCUT2D eigenvalue weighted by molar-refractivity contribution is 6.01. The van der Waals surface area contributed by atoms with E-state index in [1.165, 1.54) is 25.3 Å². The Labute approximate surface area is 168 Å². The van der Waals surface area contributed by atoms with Gasteiger partial charge in [0.2, 0.25) is 5.91 Å². The first-order valence-corrected chi connectivity index (χ1v) is 9.02. The molecule has 0 saturated heterocycles. The summed E-state index contributed by atoms with van der Waals surface area (Å²) in [5.41, 5.74) is 1.69. The molecule has 2 aromatic rings. The number of benzene rings is 2. The summed E-state index contributed by atoms with van der Waals surface area (Å²) in [5, 5.41) is 5.33. The highest BCUT2D eigenvalue weighted by Crippen LogP contribution is 2.31. The van der Waals surface area contributed by atoms with Crippen LogP contribution in [0.1, 0.15) is 29.8 Å². The van der Waals surface area contributed by atoms with E-state index in [4.69, 9.17) is 4.74 Å². The largest absolute Gasteiger partial charge is 0.493 e. The van der Waals surface area contributed by atoms with Gasteiger partial charge in [0.25, 0.3) is 5.91 Å². The van der Waals surface area contributed by atoms with E-state index < -0.39 is 18.6 Å². The third-order valence-corrected chi connectivity index (χ3v) is 4.20. The van der Waals surface area contributed by atoms with E-state index in [9.17, 15) is 18.4 Å². The van der Waals surface area contributed by atoms with E-state index in [2.05, 4.69) is 15.4 Å². The SMILES string of the molecule is COc1ccc(NC(=O)C(NC(=O)c2ccc(C)cc2)C(C)C)cc1OC(F)F. The molecule has 0 spiro atoms. The van der Waals surface area contributed by atoms with Gasteiger partial charge in [-0.15, -0.1) is 0 Å². The van der Waals surface area contributed by atoms with Crippen molar-refractivity contribution in [3.8, 4) is 11.5 Å². The number of anilines is 1. The molecule has 156 valence electrons. The molecule has 0 aromatic heterocycles. The van der Waals surface area contributed by atoms with Crippen LogP contribution in [0.25, 0.3) is 0 Å². The van der Waals surface area contributed by atoms with Gasteiger partial charge in [0.05, 0.1) is 7.11 Å². The van der Waals surface area contributed by atoms with E-state index >= 15 is 0 Å². The van der Waals surface area contributed by atoms with E-state index in [1.807, 2.05) is 6.92 Å². The minimum absolute atomic E-state index is 0.108. The second-order valence-electron chi connectivity index (χ2n) is 6.79. The van der Waals surface area contributed by atoms with E-state index in [1.54, 1.807) is 38.1 Å². The molecule has 0 radical (unpaired) electrons. The summed E-state index contributed by atoms with van der Waals surface area (Å²) in [6.07, 6.45) is 0. The molecule has 29 heavy (non-hydrogen) atoms. The number of alkyl halides is 2. The number of amides is 2. The fourth-order valence-corrected chi connectivity index (χ4v) is 2.63. The van der Waals surface area contributed by atoms with Gasteiger partial charge >= 0.3 is 6.61 Å². The van der Waals surface area contributed by atoms with Crippen LogP contribution in [0.2, 0.25) is 0 Å². The molecule has 0 bridgehead atoms. The van der Waals surface area contributed by atoms with Gasteiger partial charge in [-0.1, -0.05) is 31.5 Å². The average molecular weight is 406 g/mol. The standard InChI is InChI=1S/C21H24F2N2O4/c1-12(2)18(25-19(26)14-7-5-13(3)6-8-14)20(27)24-15-9-10-16(28-4)17(11-15)29-21(22)23/h5-12,18,21H,1-4H3,(H,24,27)(H,25,26). The second kappa shape index (κ2) is 9.86. The Hall–Kier alpha value is -3.16. The van der Waals surface area contributed by atoms with Crippen LogP contribution in [0.4, 0.5) is 14.5 Å². The first-order chi connectivity index (χ1) is 13.7. The minimum atomic E-state index is -3.04. The fourth-order valence-electron chi connectivity index (χ4n) is 2.63. The van der Waals surface area contributed by atoms with Crippen LogP contribution in [-0.4, -0.2) is 31.6 Å². The van der Waals surface area contributed by atoms with Gasteiger partial charge < -0.3 is 20.1 Å². The molecular weight excluding hydrogens is 382 g/mol. The quantitative estimate of drug-likeness (QED) is 0.695. The lowest BCUT2D eigenvalue weighted by atomic mass is 10.0. The summed E-state index contributed by atoms with van der Waals surface area (Å²) in [6, 6.07) is 10.3. The maximum Gasteiger partial charge on any atom is 0.387 e. The Morgan fingerprint density at radius 1 is 1.00 bits per heavy atom. The number of rotatable bonds is 8. The Morgan fingerprint density at radius 3 is 2.21 bits per heavy atom. The second-order valence-corrected chi connectivity index (χ2v) is 6.79. The van der Waals surface area contributed by atoms with Crippen molar-refractivity contribution in [2.45, 2.75) is 33.4 Å². The first kappa shape index (κ1) is 22.1. The maximum atomic E-state index is 12.7. The summed E-state index contributed by atoms with van der Waals surface area (Å²) in [7, 11) is 1.32. The average Bonchev–Trinajstić information content (AvgIpc) is 2.66. The molecule has 2 amide bonds. The molecule has 0 saturated carbocycles. The lowest BCUT2D eigenvalue weighted by molar-refractivity contribution is -0.118. The van der Waals surface area contributed by atoms with Crippen molar-refractivity contribution in [3.63, 3.8) is 0 Å². The Morgan fingerprint density at radius 2 is 1.66 bits per heavy atom. The number of hydrogen-bond donors (Lipinski definition) is 2. The van der Waals surface area contributed by atoms with Gasteiger partial charge in [-0.2, -0.15) is 8.78 Å². The van der Waals surface area contributed by atoms with Crippen LogP contribution in [0, 0.1) is 12.8 Å². The van der Waals surface area contributed by atoms with Gasteiger partial charge in [0.15, 0.2) is 11.5 Å². The lowest BCUT2D eigenvalue weighted by Gasteiger charge is -2.22. The molecule has 0 heterocycles.